The topological polar surface area (TPSA) is 42.5 Å². The van der Waals surface area contributed by atoms with E-state index < -0.39 is 6.10 Å². The van der Waals surface area contributed by atoms with Crippen LogP contribution in [0.15, 0.2) is 128 Å². The quantitative estimate of drug-likeness (QED) is 0.298. The second-order valence-electron chi connectivity index (χ2n) is 8.63. The van der Waals surface area contributed by atoms with Gasteiger partial charge >= 0.3 is 0 Å². The number of fused-ring (bicyclic) bond motifs is 1. The maximum atomic E-state index is 11.2. The Morgan fingerprint density at radius 3 is 1.74 bits per heavy atom. The molecular formula is C31H25N3O. The van der Waals surface area contributed by atoms with Gasteiger partial charge in [0.05, 0.1) is 29.7 Å². The Bertz CT molecular complexity index is 1550. The van der Waals surface area contributed by atoms with E-state index in [-0.39, 0.29) is 0 Å². The minimum absolute atomic E-state index is 0.393. The molecule has 4 heteroatoms. The summed E-state index contributed by atoms with van der Waals surface area (Å²) in [6, 6.07) is 40.7. The van der Waals surface area contributed by atoms with Gasteiger partial charge in [0.25, 0.3) is 0 Å². The number of rotatable bonds is 6. The minimum Gasteiger partial charge on any atom is -0.387 e. The lowest BCUT2D eigenvalue weighted by Gasteiger charge is -2.15. The number of aliphatic hydroxyl groups excluding tert-OH is 1. The molecule has 6 rings (SSSR count). The van der Waals surface area contributed by atoms with Crippen LogP contribution in [0.25, 0.3) is 39.5 Å². The van der Waals surface area contributed by atoms with Crippen molar-refractivity contribution in [3.8, 4) is 33.8 Å². The summed E-state index contributed by atoms with van der Waals surface area (Å²) in [4.78, 5) is 5.17. The van der Waals surface area contributed by atoms with Crippen LogP contribution in [0.1, 0.15) is 11.7 Å². The molecule has 0 radical (unpaired) electrons. The van der Waals surface area contributed by atoms with Gasteiger partial charge in [-0.15, -0.1) is 0 Å². The molecule has 2 heterocycles. The average molecular weight is 456 g/mol. The fraction of sp³-hybridized carbons (Fsp3) is 0.0645. The highest BCUT2D eigenvalue weighted by Gasteiger charge is 2.23. The predicted molar refractivity (Wildman–Crippen MR) is 141 cm³/mol. The van der Waals surface area contributed by atoms with Crippen molar-refractivity contribution in [2.24, 2.45) is 0 Å². The van der Waals surface area contributed by atoms with Crippen molar-refractivity contribution in [3.63, 3.8) is 0 Å². The van der Waals surface area contributed by atoms with Crippen molar-refractivity contribution in [1.29, 1.82) is 0 Å². The molecule has 6 aromatic rings. The maximum absolute atomic E-state index is 11.2. The van der Waals surface area contributed by atoms with Crippen LogP contribution in [0.5, 0.6) is 0 Å². The van der Waals surface area contributed by atoms with Crippen LogP contribution in [0.3, 0.4) is 0 Å². The summed E-state index contributed by atoms with van der Waals surface area (Å²) in [5.74, 6) is 0.802. The molecule has 0 unspecified atom stereocenters. The molecule has 0 amide bonds. The van der Waals surface area contributed by atoms with E-state index in [1.165, 1.54) is 0 Å². The van der Waals surface area contributed by atoms with E-state index in [2.05, 4.69) is 63.7 Å². The van der Waals surface area contributed by atoms with Crippen molar-refractivity contribution in [1.82, 2.24) is 14.0 Å². The normalized spacial score (nSPS) is 12.1. The minimum atomic E-state index is -0.660. The Balaban J connectivity index is 1.60. The van der Waals surface area contributed by atoms with Crippen LogP contribution in [0.2, 0.25) is 0 Å². The number of imidazole rings is 2. The molecule has 0 fully saturated rings. The Morgan fingerprint density at radius 1 is 0.629 bits per heavy atom. The number of aromatic nitrogens is 3. The van der Waals surface area contributed by atoms with Gasteiger partial charge in [-0.1, -0.05) is 121 Å². The average Bonchev–Trinajstić information content (AvgIpc) is 3.47. The molecule has 1 N–H and O–H groups in total. The maximum Gasteiger partial charge on any atom is 0.215 e. The first-order chi connectivity index (χ1) is 17.3. The first-order valence-electron chi connectivity index (χ1n) is 11.8. The van der Waals surface area contributed by atoms with Crippen molar-refractivity contribution in [2.75, 3.05) is 0 Å². The molecule has 170 valence electrons. The molecule has 0 spiro atoms. The van der Waals surface area contributed by atoms with E-state index in [0.29, 0.717) is 6.54 Å². The predicted octanol–water partition coefficient (Wildman–Crippen LogP) is 6.87. The van der Waals surface area contributed by atoms with Crippen LogP contribution >= 0.6 is 0 Å². The highest BCUT2D eigenvalue weighted by molar-refractivity contribution is 5.82. The standard InChI is InChI=1S/C31H25N3O/c35-28(24-15-7-2-8-16-24)22-33-27(23-13-5-1-6-14-23)21-34-30(26-19-11-4-12-20-26)29(32-31(33)34)25-17-9-3-10-18-25/h1-21,28,35H,22H2/t28-/m0/s1. The van der Waals surface area contributed by atoms with Gasteiger partial charge in [0.15, 0.2) is 0 Å². The second-order valence-corrected chi connectivity index (χ2v) is 8.63. The first kappa shape index (κ1) is 21.1. The third kappa shape index (κ3) is 3.94. The summed E-state index contributed by atoms with van der Waals surface area (Å²) < 4.78 is 4.30. The van der Waals surface area contributed by atoms with E-state index in [9.17, 15) is 5.11 Å². The van der Waals surface area contributed by atoms with Gasteiger partial charge in [-0.3, -0.25) is 4.40 Å². The fourth-order valence-corrected chi connectivity index (χ4v) is 4.68. The zero-order valence-corrected chi connectivity index (χ0v) is 19.2. The SMILES string of the molecule is O[C@@H](Cn1c(-c2ccccc2)cn2c(-c3ccccc3)c(-c3ccccc3)nc12)c1ccccc1. The molecule has 4 aromatic carbocycles. The van der Waals surface area contributed by atoms with Crippen LogP contribution in [0, 0.1) is 0 Å². The van der Waals surface area contributed by atoms with E-state index in [1.54, 1.807) is 0 Å². The molecular weight excluding hydrogens is 430 g/mol. The van der Waals surface area contributed by atoms with Gasteiger partial charge in [-0.05, 0) is 11.1 Å². The van der Waals surface area contributed by atoms with Gasteiger partial charge in [0.1, 0.15) is 0 Å². The van der Waals surface area contributed by atoms with Crippen molar-refractivity contribution in [3.05, 3.63) is 133 Å². The van der Waals surface area contributed by atoms with E-state index in [4.69, 9.17) is 4.98 Å². The van der Waals surface area contributed by atoms with Crippen LogP contribution in [0.4, 0.5) is 0 Å². The first-order valence-corrected chi connectivity index (χ1v) is 11.8. The number of aliphatic hydroxyl groups is 1. The summed E-state index contributed by atoms with van der Waals surface area (Å²) in [5.41, 5.74) is 7.10. The van der Waals surface area contributed by atoms with Crippen molar-refractivity contribution >= 4 is 5.78 Å². The van der Waals surface area contributed by atoms with Crippen molar-refractivity contribution < 1.29 is 5.11 Å². The smallest absolute Gasteiger partial charge is 0.215 e. The zero-order chi connectivity index (χ0) is 23.6. The lowest BCUT2D eigenvalue weighted by Crippen LogP contribution is -2.10. The van der Waals surface area contributed by atoms with Gasteiger partial charge < -0.3 is 9.67 Å². The van der Waals surface area contributed by atoms with Crippen LogP contribution < -0.4 is 0 Å². The molecule has 4 nitrogen and oxygen atoms in total. The van der Waals surface area contributed by atoms with Crippen LogP contribution in [-0.2, 0) is 6.54 Å². The van der Waals surface area contributed by atoms with Gasteiger partial charge in [-0.25, -0.2) is 4.98 Å². The summed E-state index contributed by atoms with van der Waals surface area (Å²) in [6.07, 6.45) is 1.48. The molecule has 2 aromatic heterocycles. The highest BCUT2D eigenvalue weighted by Crippen LogP contribution is 2.36. The Labute approximate surface area is 204 Å². The monoisotopic (exact) mass is 455 g/mol. The summed E-state index contributed by atoms with van der Waals surface area (Å²) in [5, 5.41) is 11.2. The Kier molecular flexibility index (Phi) is 5.49. The molecule has 0 aliphatic carbocycles. The molecule has 35 heavy (non-hydrogen) atoms. The van der Waals surface area contributed by atoms with Crippen LogP contribution in [-0.4, -0.2) is 19.1 Å². The van der Waals surface area contributed by atoms with E-state index in [0.717, 1.165) is 45.1 Å². The third-order valence-corrected chi connectivity index (χ3v) is 6.38. The molecule has 0 saturated heterocycles. The Hall–Kier alpha value is -4.41. The lowest BCUT2D eigenvalue weighted by atomic mass is 10.0. The summed E-state index contributed by atoms with van der Waals surface area (Å²) in [7, 11) is 0. The molecule has 1 atom stereocenters. The molecule has 0 aliphatic rings. The summed E-state index contributed by atoms with van der Waals surface area (Å²) >= 11 is 0. The van der Waals surface area contributed by atoms with E-state index >= 15 is 0 Å². The molecule has 0 bridgehead atoms. The second kappa shape index (κ2) is 9.09. The fourth-order valence-electron chi connectivity index (χ4n) is 4.68. The van der Waals surface area contributed by atoms with Crippen molar-refractivity contribution in [2.45, 2.75) is 12.6 Å². The third-order valence-electron chi connectivity index (χ3n) is 6.38. The molecule has 0 aliphatic heterocycles. The number of hydrogen-bond donors (Lipinski definition) is 1. The van der Waals surface area contributed by atoms with Gasteiger partial charge in [0.2, 0.25) is 5.78 Å². The van der Waals surface area contributed by atoms with Gasteiger partial charge in [0, 0.05) is 17.3 Å². The van der Waals surface area contributed by atoms with Gasteiger partial charge in [-0.2, -0.15) is 0 Å². The van der Waals surface area contributed by atoms with E-state index in [1.807, 2.05) is 72.8 Å². The zero-order valence-electron chi connectivity index (χ0n) is 19.2. The highest BCUT2D eigenvalue weighted by atomic mass is 16.3. The number of hydrogen-bond acceptors (Lipinski definition) is 2. The number of benzene rings is 4. The Morgan fingerprint density at radius 2 is 1.14 bits per heavy atom. The number of nitrogens with zero attached hydrogens (tertiary/aromatic N) is 3. The molecule has 0 saturated carbocycles. The summed E-state index contributed by atoms with van der Waals surface area (Å²) in [6.45, 7) is 0.393. The largest absolute Gasteiger partial charge is 0.387 e. The lowest BCUT2D eigenvalue weighted by molar-refractivity contribution is 0.158.